The molecule has 0 spiro atoms. The molecule has 0 bridgehead atoms. The van der Waals surface area contributed by atoms with Crippen LogP contribution in [-0.2, 0) is 4.79 Å². The van der Waals surface area contributed by atoms with Crippen molar-refractivity contribution in [3.05, 3.63) is 42.0 Å². The van der Waals surface area contributed by atoms with E-state index in [0.29, 0.717) is 46.6 Å². The van der Waals surface area contributed by atoms with Crippen LogP contribution in [-0.4, -0.2) is 38.7 Å². The predicted octanol–water partition coefficient (Wildman–Crippen LogP) is 3.73. The van der Waals surface area contributed by atoms with E-state index >= 15 is 0 Å². The van der Waals surface area contributed by atoms with Crippen molar-refractivity contribution in [2.45, 2.75) is 26.9 Å². The Morgan fingerprint density at radius 2 is 1.86 bits per heavy atom. The average Bonchev–Trinajstić information content (AvgIpc) is 2.70. The number of nitrogens with one attached hydrogen (secondary N) is 1. The first-order valence-corrected chi connectivity index (χ1v) is 9.49. The summed E-state index contributed by atoms with van der Waals surface area (Å²) in [6.45, 7) is 6.46. The molecular weight excluding hydrogens is 372 g/mol. The third kappa shape index (κ3) is 4.29. The number of hydrogen-bond donors (Lipinski definition) is 1. The molecule has 0 aromatic heterocycles. The summed E-state index contributed by atoms with van der Waals surface area (Å²) in [5.41, 5.74) is 1.73. The van der Waals surface area contributed by atoms with Crippen LogP contribution in [0.15, 0.2) is 36.4 Å². The summed E-state index contributed by atoms with van der Waals surface area (Å²) < 4.78 is 16.2. The molecule has 0 saturated carbocycles. The van der Waals surface area contributed by atoms with Crippen LogP contribution in [0.25, 0.3) is 0 Å². The van der Waals surface area contributed by atoms with Gasteiger partial charge in [0.25, 0.3) is 11.8 Å². The summed E-state index contributed by atoms with van der Waals surface area (Å²) >= 11 is 0. The van der Waals surface area contributed by atoms with E-state index in [0.717, 1.165) is 0 Å². The van der Waals surface area contributed by atoms with Gasteiger partial charge in [-0.05, 0) is 43.2 Å². The molecule has 2 amide bonds. The number of amides is 2. The summed E-state index contributed by atoms with van der Waals surface area (Å²) in [6.07, 6.45) is -0.571. The molecule has 1 N–H and O–H groups in total. The number of anilines is 2. The second-order valence-corrected chi connectivity index (χ2v) is 7.31. The van der Waals surface area contributed by atoms with E-state index in [4.69, 9.17) is 14.2 Å². The fourth-order valence-electron chi connectivity index (χ4n) is 3.22. The zero-order valence-corrected chi connectivity index (χ0v) is 17.3. The lowest BCUT2D eigenvalue weighted by atomic mass is 10.1. The fraction of sp³-hybridized carbons (Fsp3) is 0.364. The fourth-order valence-corrected chi connectivity index (χ4v) is 3.22. The molecule has 1 aliphatic rings. The lowest BCUT2D eigenvalue weighted by Gasteiger charge is -2.34. The Bertz CT molecular complexity index is 925. The van der Waals surface area contributed by atoms with Crippen molar-refractivity contribution >= 4 is 23.2 Å². The van der Waals surface area contributed by atoms with Crippen LogP contribution in [0.4, 0.5) is 11.4 Å². The van der Waals surface area contributed by atoms with Crippen LogP contribution >= 0.6 is 0 Å². The molecule has 29 heavy (non-hydrogen) atoms. The van der Waals surface area contributed by atoms with Crippen molar-refractivity contribution in [1.29, 1.82) is 0 Å². The van der Waals surface area contributed by atoms with Crippen LogP contribution in [0.1, 0.15) is 31.1 Å². The van der Waals surface area contributed by atoms with Gasteiger partial charge in [-0.2, -0.15) is 0 Å². The predicted molar refractivity (Wildman–Crippen MR) is 111 cm³/mol. The second-order valence-electron chi connectivity index (χ2n) is 7.31. The highest BCUT2D eigenvalue weighted by Gasteiger charge is 2.32. The van der Waals surface area contributed by atoms with Gasteiger partial charge in [0, 0.05) is 23.9 Å². The minimum Gasteiger partial charge on any atom is -0.493 e. The summed E-state index contributed by atoms with van der Waals surface area (Å²) in [7, 11) is 3.06. The molecule has 0 radical (unpaired) electrons. The standard InChI is InChI=1S/C22H26N2O5/c1-13(2)12-24-17-8-7-16(11-19(17)29-14(3)22(24)26)23-21(25)15-6-9-18(27-4)20(10-15)28-5/h6-11,13-14H,12H2,1-5H3,(H,23,25). The normalized spacial score (nSPS) is 15.6. The van der Waals surface area contributed by atoms with Crippen molar-refractivity contribution in [3.63, 3.8) is 0 Å². The molecule has 2 aromatic rings. The Hall–Kier alpha value is -3.22. The van der Waals surface area contributed by atoms with Crippen LogP contribution in [0, 0.1) is 5.92 Å². The van der Waals surface area contributed by atoms with Crippen LogP contribution in [0.3, 0.4) is 0 Å². The van der Waals surface area contributed by atoms with Gasteiger partial charge in [0.1, 0.15) is 5.75 Å². The van der Waals surface area contributed by atoms with E-state index in [1.54, 1.807) is 55.3 Å². The molecule has 0 saturated heterocycles. The van der Waals surface area contributed by atoms with Gasteiger partial charge < -0.3 is 24.4 Å². The van der Waals surface area contributed by atoms with Gasteiger partial charge in [0.05, 0.1) is 19.9 Å². The minimum atomic E-state index is -0.571. The SMILES string of the molecule is COc1ccc(C(=O)Nc2ccc3c(c2)OC(C)C(=O)N3CC(C)C)cc1OC. The summed E-state index contributed by atoms with van der Waals surface area (Å²) in [6, 6.07) is 10.3. The smallest absolute Gasteiger partial charge is 0.267 e. The number of methoxy groups -OCH3 is 2. The van der Waals surface area contributed by atoms with Crippen molar-refractivity contribution in [2.75, 3.05) is 31.0 Å². The first kappa shape index (κ1) is 20.5. The summed E-state index contributed by atoms with van der Waals surface area (Å²) in [4.78, 5) is 26.9. The van der Waals surface area contributed by atoms with Crippen LogP contribution < -0.4 is 24.4 Å². The van der Waals surface area contributed by atoms with E-state index in [1.165, 1.54) is 7.11 Å². The Morgan fingerprint density at radius 3 is 2.52 bits per heavy atom. The second kappa shape index (κ2) is 8.43. The zero-order chi connectivity index (χ0) is 21.1. The largest absolute Gasteiger partial charge is 0.493 e. The molecular formula is C22H26N2O5. The molecule has 1 unspecified atom stereocenters. The van der Waals surface area contributed by atoms with E-state index in [-0.39, 0.29) is 11.8 Å². The number of carbonyl (C=O) groups excluding carboxylic acids is 2. The third-order valence-corrected chi connectivity index (χ3v) is 4.62. The van der Waals surface area contributed by atoms with Gasteiger partial charge in [-0.3, -0.25) is 9.59 Å². The molecule has 2 aromatic carbocycles. The highest BCUT2D eigenvalue weighted by atomic mass is 16.5. The lowest BCUT2D eigenvalue weighted by molar-refractivity contribution is -0.125. The highest BCUT2D eigenvalue weighted by molar-refractivity contribution is 6.05. The first-order chi connectivity index (χ1) is 13.8. The maximum atomic E-state index is 12.7. The maximum absolute atomic E-state index is 12.7. The molecule has 7 heteroatoms. The van der Waals surface area contributed by atoms with Crippen LogP contribution in [0.2, 0.25) is 0 Å². The first-order valence-electron chi connectivity index (χ1n) is 9.49. The number of benzene rings is 2. The van der Waals surface area contributed by atoms with E-state index in [2.05, 4.69) is 19.2 Å². The van der Waals surface area contributed by atoms with Gasteiger partial charge in [0.15, 0.2) is 17.6 Å². The van der Waals surface area contributed by atoms with Crippen molar-refractivity contribution < 1.29 is 23.8 Å². The Morgan fingerprint density at radius 1 is 1.14 bits per heavy atom. The van der Waals surface area contributed by atoms with Crippen molar-refractivity contribution in [2.24, 2.45) is 5.92 Å². The van der Waals surface area contributed by atoms with Gasteiger partial charge in [-0.1, -0.05) is 13.8 Å². The van der Waals surface area contributed by atoms with Gasteiger partial charge in [0.2, 0.25) is 0 Å². The molecule has 0 fully saturated rings. The number of nitrogens with zero attached hydrogens (tertiary/aromatic N) is 1. The molecule has 154 valence electrons. The number of rotatable bonds is 6. The quantitative estimate of drug-likeness (QED) is 0.802. The highest BCUT2D eigenvalue weighted by Crippen LogP contribution is 2.37. The molecule has 7 nitrogen and oxygen atoms in total. The van der Waals surface area contributed by atoms with Crippen molar-refractivity contribution in [1.82, 2.24) is 0 Å². The lowest BCUT2D eigenvalue weighted by Crippen LogP contribution is -2.46. The molecule has 1 aliphatic heterocycles. The monoisotopic (exact) mass is 398 g/mol. The van der Waals surface area contributed by atoms with E-state index in [9.17, 15) is 9.59 Å². The minimum absolute atomic E-state index is 0.0617. The Balaban J connectivity index is 1.84. The average molecular weight is 398 g/mol. The Labute approximate surface area is 170 Å². The Kier molecular flexibility index (Phi) is 5.96. The van der Waals surface area contributed by atoms with E-state index in [1.807, 2.05) is 0 Å². The summed E-state index contributed by atoms with van der Waals surface area (Å²) in [5.74, 6) is 1.57. The molecule has 1 heterocycles. The molecule has 0 aliphatic carbocycles. The maximum Gasteiger partial charge on any atom is 0.267 e. The topological polar surface area (TPSA) is 77.1 Å². The third-order valence-electron chi connectivity index (χ3n) is 4.62. The van der Waals surface area contributed by atoms with E-state index < -0.39 is 6.10 Å². The van der Waals surface area contributed by atoms with Crippen LogP contribution in [0.5, 0.6) is 17.2 Å². The number of fused-ring (bicyclic) bond motifs is 1. The van der Waals surface area contributed by atoms with Gasteiger partial charge in [-0.25, -0.2) is 0 Å². The zero-order valence-electron chi connectivity index (χ0n) is 17.3. The molecule has 1 atom stereocenters. The number of hydrogen-bond acceptors (Lipinski definition) is 5. The molecule has 3 rings (SSSR count). The number of carbonyl (C=O) groups is 2. The summed E-state index contributed by atoms with van der Waals surface area (Å²) in [5, 5.41) is 2.86. The number of ether oxygens (including phenoxy) is 3. The van der Waals surface area contributed by atoms with Crippen molar-refractivity contribution in [3.8, 4) is 17.2 Å². The van der Waals surface area contributed by atoms with Gasteiger partial charge >= 0.3 is 0 Å². The van der Waals surface area contributed by atoms with Gasteiger partial charge in [-0.15, -0.1) is 0 Å².